The predicted molar refractivity (Wildman–Crippen MR) is 46.5 cm³/mol. The summed E-state index contributed by atoms with van der Waals surface area (Å²) < 4.78 is 5.48. The molecule has 0 saturated heterocycles. The summed E-state index contributed by atoms with van der Waals surface area (Å²) >= 11 is 0. The Morgan fingerprint density at radius 3 is 2.78 bits per heavy atom. The first-order valence-corrected chi connectivity index (χ1v) is 7.45. The van der Waals surface area contributed by atoms with Gasteiger partial charge in [-0.25, -0.2) is 0 Å². The molecule has 0 aromatic carbocycles. The van der Waals surface area contributed by atoms with Crippen LogP contribution in [0.2, 0.25) is 13.1 Å². The first-order valence-electron chi connectivity index (χ1n) is 3.39. The van der Waals surface area contributed by atoms with E-state index in [-0.39, 0.29) is 9.92 Å². The van der Waals surface area contributed by atoms with Crippen LogP contribution in [0.25, 0.3) is 0 Å². The van der Waals surface area contributed by atoms with Crippen molar-refractivity contribution in [3.05, 3.63) is 6.92 Å². The van der Waals surface area contributed by atoms with Crippen molar-refractivity contribution in [1.82, 2.24) is 4.98 Å². The molecule has 0 rings (SSSR count). The zero-order valence-corrected chi connectivity index (χ0v) is 8.88. The molecule has 1 radical (unpaired) electrons. The summed E-state index contributed by atoms with van der Waals surface area (Å²) in [5.41, 5.74) is 0. The highest BCUT2D eigenvalue weighted by Crippen LogP contribution is 1.77. The van der Waals surface area contributed by atoms with Gasteiger partial charge in [-0.05, 0) is 26.1 Å². The second-order valence-electron chi connectivity index (χ2n) is 2.21. The molecule has 0 amide bonds. The molecule has 4 heteroatoms. The zero-order chi connectivity index (χ0) is 7.11. The molecule has 0 aliphatic carbocycles. The molecule has 0 spiro atoms. The molecule has 0 aromatic heterocycles. The molecular weight excluding hydrogens is 146 g/mol. The van der Waals surface area contributed by atoms with Crippen LogP contribution in [0.3, 0.4) is 0 Å². The van der Waals surface area contributed by atoms with Gasteiger partial charge >= 0.3 is 0 Å². The minimum Gasteiger partial charge on any atom is -0.452 e. The Hall–Kier alpha value is 0.354. The molecule has 55 valence electrons. The van der Waals surface area contributed by atoms with Crippen LogP contribution in [-0.4, -0.2) is 25.5 Å². The molecule has 1 N–H and O–H groups in total. The lowest BCUT2D eigenvalue weighted by Crippen LogP contribution is -2.26. The third-order valence-corrected chi connectivity index (χ3v) is 4.76. The van der Waals surface area contributed by atoms with Gasteiger partial charge in [-0.1, -0.05) is 6.92 Å². The van der Waals surface area contributed by atoms with Gasteiger partial charge in [0.1, 0.15) is 0 Å². The summed E-state index contributed by atoms with van der Waals surface area (Å²) in [6.45, 7) is 9.13. The summed E-state index contributed by atoms with van der Waals surface area (Å²) in [6, 6.07) is 0. The highest BCUT2D eigenvalue weighted by Gasteiger charge is 1.92. The van der Waals surface area contributed by atoms with Gasteiger partial charge in [0.2, 0.25) is 9.92 Å². The minimum absolute atomic E-state index is 0.375. The van der Waals surface area contributed by atoms with Crippen molar-refractivity contribution in [2.24, 2.45) is 0 Å². The SMILES string of the molecule is [CH2]CCN[SiH2]O[SiH](C)C. The zero-order valence-electron chi connectivity index (χ0n) is 6.31. The summed E-state index contributed by atoms with van der Waals surface area (Å²) in [5.74, 6) is 0. The Bertz CT molecular complexity index is 60.9. The average molecular weight is 162 g/mol. The first kappa shape index (κ1) is 9.35. The van der Waals surface area contributed by atoms with Crippen molar-refractivity contribution in [3.8, 4) is 0 Å². The van der Waals surface area contributed by atoms with Gasteiger partial charge in [0.15, 0.2) is 9.04 Å². The third kappa shape index (κ3) is 8.35. The highest BCUT2D eigenvalue weighted by atomic mass is 28.3. The van der Waals surface area contributed by atoms with E-state index in [1.807, 2.05) is 0 Å². The molecule has 9 heavy (non-hydrogen) atoms. The topological polar surface area (TPSA) is 21.3 Å². The Morgan fingerprint density at radius 1 is 1.67 bits per heavy atom. The Balaban J connectivity index is 2.75. The van der Waals surface area contributed by atoms with E-state index < -0.39 is 9.04 Å². The molecule has 0 saturated carbocycles. The van der Waals surface area contributed by atoms with Crippen molar-refractivity contribution >= 4 is 19.0 Å². The van der Waals surface area contributed by atoms with Crippen LogP contribution >= 0.6 is 0 Å². The fraction of sp³-hybridized carbons (Fsp3) is 0.800. The number of hydrogen-bond acceptors (Lipinski definition) is 2. The van der Waals surface area contributed by atoms with Gasteiger partial charge < -0.3 is 9.10 Å². The van der Waals surface area contributed by atoms with E-state index in [4.69, 9.17) is 4.12 Å². The Labute approximate surface area is 61.7 Å². The van der Waals surface area contributed by atoms with Crippen molar-refractivity contribution in [3.63, 3.8) is 0 Å². The van der Waals surface area contributed by atoms with E-state index >= 15 is 0 Å². The minimum atomic E-state index is -0.734. The maximum Gasteiger partial charge on any atom is 0.224 e. The molecule has 0 aromatic rings. The third-order valence-electron chi connectivity index (χ3n) is 0.872. The lowest BCUT2D eigenvalue weighted by Gasteiger charge is -2.05. The average Bonchev–Trinajstić information content (AvgIpc) is 1.80. The molecule has 0 heterocycles. The van der Waals surface area contributed by atoms with Crippen molar-refractivity contribution < 1.29 is 4.12 Å². The summed E-state index contributed by atoms with van der Waals surface area (Å²) in [7, 11) is -1.11. The Kier molecular flexibility index (Phi) is 6.73. The quantitative estimate of drug-likeness (QED) is 0.446. The van der Waals surface area contributed by atoms with Crippen LogP contribution in [0.4, 0.5) is 0 Å². The van der Waals surface area contributed by atoms with E-state index in [0.717, 1.165) is 13.0 Å². The smallest absolute Gasteiger partial charge is 0.224 e. The van der Waals surface area contributed by atoms with Crippen LogP contribution in [0.5, 0.6) is 0 Å². The van der Waals surface area contributed by atoms with Crippen LogP contribution in [0.1, 0.15) is 6.42 Å². The van der Waals surface area contributed by atoms with Gasteiger partial charge in [-0.15, -0.1) is 0 Å². The standard InChI is InChI=1S/C5H16NOSi2/c1-4-5-6-8-7-9(2)3/h6,9H,1,4-5,8H2,2-3H3. The largest absolute Gasteiger partial charge is 0.452 e. The Morgan fingerprint density at radius 2 is 2.33 bits per heavy atom. The lowest BCUT2D eigenvalue weighted by atomic mass is 10.5. The van der Waals surface area contributed by atoms with Gasteiger partial charge in [0, 0.05) is 0 Å². The van der Waals surface area contributed by atoms with Crippen molar-refractivity contribution in [2.75, 3.05) is 6.54 Å². The fourth-order valence-electron chi connectivity index (χ4n) is 0.423. The molecule has 0 atom stereocenters. The van der Waals surface area contributed by atoms with Gasteiger partial charge in [-0.2, -0.15) is 0 Å². The predicted octanol–water partition coefficient (Wildman–Crippen LogP) is -0.201. The van der Waals surface area contributed by atoms with Crippen molar-refractivity contribution in [1.29, 1.82) is 0 Å². The second-order valence-corrected chi connectivity index (χ2v) is 6.43. The van der Waals surface area contributed by atoms with Gasteiger partial charge in [0.25, 0.3) is 0 Å². The maximum absolute atomic E-state index is 5.48. The highest BCUT2D eigenvalue weighted by molar-refractivity contribution is 6.55. The monoisotopic (exact) mass is 162 g/mol. The van der Waals surface area contributed by atoms with Gasteiger partial charge in [0.05, 0.1) is 0 Å². The number of rotatable bonds is 5. The second kappa shape index (κ2) is 6.47. The molecule has 0 bridgehead atoms. The summed E-state index contributed by atoms with van der Waals surface area (Å²) in [6.07, 6.45) is 0.968. The fourth-order valence-corrected chi connectivity index (χ4v) is 2.62. The molecule has 0 unspecified atom stereocenters. The molecule has 0 aliphatic heterocycles. The summed E-state index contributed by atoms with van der Waals surface area (Å²) in [5, 5.41) is 0. The van der Waals surface area contributed by atoms with Crippen molar-refractivity contribution in [2.45, 2.75) is 19.5 Å². The maximum atomic E-state index is 5.48. The number of hydrogen-bond donors (Lipinski definition) is 1. The van der Waals surface area contributed by atoms with Crippen LogP contribution in [0.15, 0.2) is 0 Å². The normalized spacial score (nSPS) is 12.0. The van der Waals surface area contributed by atoms with E-state index in [1.165, 1.54) is 0 Å². The summed E-state index contributed by atoms with van der Waals surface area (Å²) in [4.78, 5) is 3.26. The van der Waals surface area contributed by atoms with Crippen LogP contribution in [0, 0.1) is 6.92 Å². The van der Waals surface area contributed by atoms with E-state index in [1.54, 1.807) is 0 Å². The molecular formula is C5H16NOSi2. The first-order chi connectivity index (χ1) is 4.27. The molecule has 0 aliphatic rings. The van der Waals surface area contributed by atoms with E-state index in [0.29, 0.717) is 0 Å². The van der Waals surface area contributed by atoms with Crippen LogP contribution < -0.4 is 4.98 Å². The molecule has 0 fully saturated rings. The van der Waals surface area contributed by atoms with Crippen LogP contribution in [-0.2, 0) is 4.12 Å². The van der Waals surface area contributed by atoms with Gasteiger partial charge in [-0.3, -0.25) is 0 Å². The lowest BCUT2D eigenvalue weighted by molar-refractivity contribution is 0.601. The molecule has 2 nitrogen and oxygen atoms in total. The van der Waals surface area contributed by atoms with E-state index in [9.17, 15) is 0 Å². The number of nitrogens with one attached hydrogen (secondary N) is 1. The van der Waals surface area contributed by atoms with E-state index in [2.05, 4.69) is 25.0 Å².